The van der Waals surface area contributed by atoms with Gasteiger partial charge in [0.1, 0.15) is 5.83 Å². The first kappa shape index (κ1) is 10.2. The van der Waals surface area contributed by atoms with Gasteiger partial charge in [-0.25, -0.2) is 4.39 Å². The van der Waals surface area contributed by atoms with Crippen molar-refractivity contribution in [1.29, 1.82) is 0 Å². The fraction of sp³-hybridized carbons (Fsp3) is 0.500. The molecule has 0 spiro atoms. The van der Waals surface area contributed by atoms with Crippen LogP contribution in [0, 0.1) is 0 Å². The Morgan fingerprint density at radius 3 is 2.38 bits per heavy atom. The SMILES string of the molecule is NCC1=C(C(F)(F)F)CCC(F)=C1. The van der Waals surface area contributed by atoms with Crippen LogP contribution >= 0.6 is 0 Å². The van der Waals surface area contributed by atoms with Crippen LogP contribution in [-0.2, 0) is 0 Å². The molecule has 1 aliphatic carbocycles. The van der Waals surface area contributed by atoms with Gasteiger partial charge in [-0.1, -0.05) is 0 Å². The highest BCUT2D eigenvalue weighted by Gasteiger charge is 2.36. The van der Waals surface area contributed by atoms with E-state index < -0.39 is 17.6 Å². The Hall–Kier alpha value is -0.840. The second-order valence-corrected chi connectivity index (χ2v) is 2.80. The maximum absolute atomic E-state index is 12.6. The van der Waals surface area contributed by atoms with Crippen LogP contribution in [0.4, 0.5) is 17.6 Å². The van der Waals surface area contributed by atoms with Crippen LogP contribution in [0.3, 0.4) is 0 Å². The first-order chi connectivity index (χ1) is 5.95. The molecule has 0 atom stereocenters. The molecule has 0 amide bonds. The minimum absolute atomic E-state index is 0.142. The summed E-state index contributed by atoms with van der Waals surface area (Å²) >= 11 is 0. The summed E-state index contributed by atoms with van der Waals surface area (Å²) in [4.78, 5) is 0. The fourth-order valence-corrected chi connectivity index (χ4v) is 1.26. The van der Waals surface area contributed by atoms with Gasteiger partial charge in [-0.2, -0.15) is 13.2 Å². The van der Waals surface area contributed by atoms with E-state index in [1.807, 2.05) is 0 Å². The number of nitrogens with two attached hydrogens (primary N) is 1. The van der Waals surface area contributed by atoms with E-state index in [1.165, 1.54) is 0 Å². The maximum atomic E-state index is 12.6. The molecule has 0 saturated carbocycles. The smallest absolute Gasteiger partial charge is 0.326 e. The van der Waals surface area contributed by atoms with Gasteiger partial charge in [-0.05, 0) is 18.1 Å². The van der Waals surface area contributed by atoms with E-state index in [0.717, 1.165) is 6.08 Å². The predicted octanol–water partition coefficient (Wildman–Crippen LogP) is 2.45. The van der Waals surface area contributed by atoms with Gasteiger partial charge in [0.15, 0.2) is 0 Å². The standard InChI is InChI=1S/C8H9F4N/c9-6-1-2-7(8(10,11)12)5(3-6)4-13/h3H,1-2,4,13H2. The van der Waals surface area contributed by atoms with Crippen molar-refractivity contribution >= 4 is 0 Å². The van der Waals surface area contributed by atoms with Gasteiger partial charge in [0.05, 0.1) is 0 Å². The van der Waals surface area contributed by atoms with Crippen LogP contribution in [0.2, 0.25) is 0 Å². The lowest BCUT2D eigenvalue weighted by atomic mass is 9.96. The molecule has 2 N–H and O–H groups in total. The van der Waals surface area contributed by atoms with Crippen LogP contribution in [0.15, 0.2) is 23.0 Å². The third-order valence-corrected chi connectivity index (χ3v) is 1.89. The molecule has 0 aliphatic heterocycles. The molecule has 1 rings (SSSR count). The molecule has 0 heterocycles. The maximum Gasteiger partial charge on any atom is 0.413 e. The summed E-state index contributed by atoms with van der Waals surface area (Å²) in [7, 11) is 0. The average molecular weight is 195 g/mol. The van der Waals surface area contributed by atoms with Crippen LogP contribution < -0.4 is 5.73 Å². The van der Waals surface area contributed by atoms with Crippen molar-refractivity contribution in [2.24, 2.45) is 5.73 Å². The van der Waals surface area contributed by atoms with Crippen molar-refractivity contribution in [3.05, 3.63) is 23.0 Å². The third-order valence-electron chi connectivity index (χ3n) is 1.89. The summed E-state index contributed by atoms with van der Waals surface area (Å²) in [6.07, 6.45) is -3.99. The molecular weight excluding hydrogens is 186 g/mol. The van der Waals surface area contributed by atoms with Crippen molar-refractivity contribution in [2.75, 3.05) is 6.54 Å². The van der Waals surface area contributed by atoms with E-state index >= 15 is 0 Å². The quantitative estimate of drug-likeness (QED) is 0.639. The number of hydrogen-bond acceptors (Lipinski definition) is 1. The molecule has 0 aromatic heterocycles. The second kappa shape index (κ2) is 3.49. The van der Waals surface area contributed by atoms with Gasteiger partial charge in [0, 0.05) is 18.5 Å². The van der Waals surface area contributed by atoms with Crippen molar-refractivity contribution < 1.29 is 17.6 Å². The lowest BCUT2D eigenvalue weighted by molar-refractivity contribution is -0.0949. The molecule has 0 aromatic carbocycles. The molecule has 1 nitrogen and oxygen atoms in total. The number of hydrogen-bond donors (Lipinski definition) is 1. The highest BCUT2D eigenvalue weighted by atomic mass is 19.4. The summed E-state index contributed by atoms with van der Waals surface area (Å²) in [5, 5.41) is 0. The van der Waals surface area contributed by atoms with Gasteiger partial charge >= 0.3 is 6.18 Å². The normalized spacial score (nSPS) is 19.0. The Balaban J connectivity index is 3.04. The van der Waals surface area contributed by atoms with E-state index in [9.17, 15) is 17.6 Å². The van der Waals surface area contributed by atoms with Gasteiger partial charge in [0.25, 0.3) is 0 Å². The van der Waals surface area contributed by atoms with E-state index in [1.54, 1.807) is 0 Å². The van der Waals surface area contributed by atoms with Crippen LogP contribution in [0.1, 0.15) is 12.8 Å². The third kappa shape index (κ3) is 2.30. The summed E-state index contributed by atoms with van der Waals surface area (Å²) < 4.78 is 49.3. The first-order valence-electron chi connectivity index (χ1n) is 3.80. The van der Waals surface area contributed by atoms with Gasteiger partial charge in [-0.3, -0.25) is 0 Å². The molecule has 0 aromatic rings. The van der Waals surface area contributed by atoms with Crippen LogP contribution in [0.25, 0.3) is 0 Å². The van der Waals surface area contributed by atoms with Crippen LogP contribution in [0.5, 0.6) is 0 Å². The predicted molar refractivity (Wildman–Crippen MR) is 40.6 cm³/mol. The van der Waals surface area contributed by atoms with E-state index in [2.05, 4.69) is 0 Å². The zero-order valence-electron chi connectivity index (χ0n) is 6.79. The Morgan fingerprint density at radius 1 is 1.31 bits per heavy atom. The van der Waals surface area contributed by atoms with Gasteiger partial charge < -0.3 is 5.73 Å². The summed E-state index contributed by atoms with van der Waals surface area (Å²) in [5.41, 5.74) is 4.24. The Bertz CT molecular complexity index is 262. The summed E-state index contributed by atoms with van der Waals surface area (Å²) in [6.45, 7) is -0.276. The summed E-state index contributed by atoms with van der Waals surface area (Å²) in [6, 6.07) is 0. The average Bonchev–Trinajstić information content (AvgIpc) is 2.01. The molecule has 0 saturated heterocycles. The summed E-state index contributed by atoms with van der Waals surface area (Å²) in [5.74, 6) is -0.534. The highest BCUT2D eigenvalue weighted by Crippen LogP contribution is 2.36. The molecule has 0 fully saturated rings. The Kier molecular flexibility index (Phi) is 2.75. The minimum Gasteiger partial charge on any atom is -0.326 e. The van der Waals surface area contributed by atoms with Gasteiger partial charge in [-0.15, -0.1) is 0 Å². The van der Waals surface area contributed by atoms with E-state index in [4.69, 9.17) is 5.73 Å². The fourth-order valence-electron chi connectivity index (χ4n) is 1.26. The number of allylic oxidation sites excluding steroid dienone is 2. The zero-order valence-corrected chi connectivity index (χ0v) is 6.79. The van der Waals surface area contributed by atoms with E-state index in [0.29, 0.717) is 0 Å². The number of halogens is 4. The molecule has 13 heavy (non-hydrogen) atoms. The largest absolute Gasteiger partial charge is 0.413 e. The highest BCUT2D eigenvalue weighted by molar-refractivity contribution is 5.34. The molecule has 74 valence electrons. The molecule has 0 radical (unpaired) electrons. The molecule has 0 unspecified atom stereocenters. The first-order valence-corrected chi connectivity index (χ1v) is 3.80. The lowest BCUT2D eigenvalue weighted by Crippen LogP contribution is -2.19. The number of rotatable bonds is 1. The number of alkyl halides is 3. The molecule has 5 heteroatoms. The van der Waals surface area contributed by atoms with Crippen molar-refractivity contribution in [3.63, 3.8) is 0 Å². The van der Waals surface area contributed by atoms with Crippen molar-refractivity contribution in [2.45, 2.75) is 19.0 Å². The van der Waals surface area contributed by atoms with Crippen molar-refractivity contribution in [1.82, 2.24) is 0 Å². The van der Waals surface area contributed by atoms with Crippen LogP contribution in [-0.4, -0.2) is 12.7 Å². The molecular formula is C8H9F4N. The monoisotopic (exact) mass is 195 g/mol. The molecule has 0 bridgehead atoms. The Morgan fingerprint density at radius 2 is 1.92 bits per heavy atom. The topological polar surface area (TPSA) is 26.0 Å². The Labute approximate surface area is 72.9 Å². The minimum atomic E-state index is -4.38. The van der Waals surface area contributed by atoms with E-state index in [-0.39, 0.29) is 25.0 Å². The van der Waals surface area contributed by atoms with Gasteiger partial charge in [0.2, 0.25) is 0 Å². The zero-order chi connectivity index (χ0) is 10.1. The second-order valence-electron chi connectivity index (χ2n) is 2.80. The lowest BCUT2D eigenvalue weighted by Gasteiger charge is -2.18. The van der Waals surface area contributed by atoms with Crippen molar-refractivity contribution in [3.8, 4) is 0 Å². The molecule has 1 aliphatic rings.